The van der Waals surface area contributed by atoms with E-state index in [9.17, 15) is 17.6 Å². The number of anilines is 1. The molecule has 0 aliphatic carbocycles. The zero-order valence-corrected chi connectivity index (χ0v) is 15.8. The van der Waals surface area contributed by atoms with Crippen LogP contribution >= 0.6 is 12.4 Å². The molecule has 0 saturated carbocycles. The minimum atomic E-state index is -4.02. The summed E-state index contributed by atoms with van der Waals surface area (Å²) in [5.74, 6) is -0.970. The van der Waals surface area contributed by atoms with Crippen LogP contribution in [0.15, 0.2) is 39.8 Å². The van der Waals surface area contributed by atoms with Gasteiger partial charge in [-0.25, -0.2) is 12.8 Å². The van der Waals surface area contributed by atoms with Gasteiger partial charge in [0.25, 0.3) is 5.91 Å². The molecular weight excluding hydrogens is 401 g/mol. The fourth-order valence-corrected chi connectivity index (χ4v) is 4.01. The summed E-state index contributed by atoms with van der Waals surface area (Å²) in [4.78, 5) is 11.7. The second-order valence-corrected chi connectivity index (χ2v) is 7.53. The Balaban J connectivity index is 0.00000261. The van der Waals surface area contributed by atoms with E-state index in [4.69, 9.17) is 14.9 Å². The summed E-state index contributed by atoms with van der Waals surface area (Å²) in [7, 11) is -4.02. The average molecular weight is 420 g/mol. The van der Waals surface area contributed by atoms with Gasteiger partial charge < -0.3 is 20.2 Å². The van der Waals surface area contributed by atoms with Crippen molar-refractivity contribution in [2.24, 2.45) is 5.73 Å². The van der Waals surface area contributed by atoms with Crippen molar-refractivity contribution in [1.82, 2.24) is 4.31 Å². The van der Waals surface area contributed by atoms with E-state index in [-0.39, 0.29) is 56.5 Å². The Bertz CT molecular complexity index is 913. The number of carbonyl (C=O) groups is 1. The first-order chi connectivity index (χ1) is 12.4. The molecule has 0 spiro atoms. The van der Waals surface area contributed by atoms with Gasteiger partial charge in [0.05, 0.1) is 25.3 Å². The summed E-state index contributed by atoms with van der Waals surface area (Å²) in [6.07, 6.45) is 1.24. The number of nitrogens with two attached hydrogens (primary N) is 1. The average Bonchev–Trinajstić information content (AvgIpc) is 3.13. The van der Waals surface area contributed by atoms with Crippen LogP contribution in [0.25, 0.3) is 0 Å². The molecule has 1 saturated heterocycles. The maximum Gasteiger partial charge on any atom is 0.258 e. The van der Waals surface area contributed by atoms with Gasteiger partial charge >= 0.3 is 0 Å². The first kappa shape index (κ1) is 21.3. The Morgan fingerprint density at radius 2 is 1.96 bits per heavy atom. The van der Waals surface area contributed by atoms with Gasteiger partial charge in [-0.2, -0.15) is 4.31 Å². The molecule has 0 bridgehead atoms. The number of sulfonamides is 1. The van der Waals surface area contributed by atoms with E-state index in [0.717, 1.165) is 16.4 Å². The van der Waals surface area contributed by atoms with Crippen molar-refractivity contribution in [2.45, 2.75) is 11.4 Å². The normalized spacial score (nSPS) is 15.2. The van der Waals surface area contributed by atoms with E-state index in [1.165, 1.54) is 18.4 Å². The number of nitrogens with one attached hydrogen (secondary N) is 1. The maximum absolute atomic E-state index is 14.2. The van der Waals surface area contributed by atoms with E-state index >= 15 is 0 Å². The lowest BCUT2D eigenvalue weighted by atomic mass is 10.2. The Kier molecular flexibility index (Phi) is 6.95. The highest BCUT2D eigenvalue weighted by Crippen LogP contribution is 2.24. The predicted octanol–water partition coefficient (Wildman–Crippen LogP) is 1.57. The first-order valence-corrected chi connectivity index (χ1v) is 9.32. The monoisotopic (exact) mass is 419 g/mol. The lowest BCUT2D eigenvalue weighted by Gasteiger charge is -2.26. The van der Waals surface area contributed by atoms with Crippen molar-refractivity contribution in [3.63, 3.8) is 0 Å². The first-order valence-electron chi connectivity index (χ1n) is 7.88. The highest BCUT2D eigenvalue weighted by molar-refractivity contribution is 7.89. The molecule has 2 aromatic rings. The molecule has 2 heterocycles. The molecule has 148 valence electrons. The van der Waals surface area contributed by atoms with Crippen LogP contribution in [-0.2, 0) is 21.3 Å². The van der Waals surface area contributed by atoms with Crippen molar-refractivity contribution < 1.29 is 26.8 Å². The van der Waals surface area contributed by atoms with Crippen molar-refractivity contribution in [2.75, 3.05) is 31.6 Å². The quantitative estimate of drug-likeness (QED) is 0.760. The lowest BCUT2D eigenvalue weighted by Crippen LogP contribution is -2.40. The number of morpholine rings is 1. The molecule has 27 heavy (non-hydrogen) atoms. The van der Waals surface area contributed by atoms with Gasteiger partial charge in [0.1, 0.15) is 22.7 Å². The number of halogens is 2. The Labute approximate surface area is 161 Å². The smallest absolute Gasteiger partial charge is 0.258 e. The lowest BCUT2D eigenvalue weighted by molar-refractivity contribution is 0.0729. The third kappa shape index (κ3) is 4.66. The molecule has 0 unspecified atom stereocenters. The van der Waals surface area contributed by atoms with Gasteiger partial charge in [0.2, 0.25) is 10.0 Å². The molecule has 3 rings (SSSR count). The van der Waals surface area contributed by atoms with Crippen LogP contribution < -0.4 is 11.1 Å². The number of furan rings is 1. The molecule has 0 radical (unpaired) electrons. The van der Waals surface area contributed by atoms with E-state index in [1.807, 2.05) is 0 Å². The molecular formula is C16H19ClFN3O5S. The van der Waals surface area contributed by atoms with Crippen molar-refractivity contribution >= 4 is 34.0 Å². The van der Waals surface area contributed by atoms with Gasteiger partial charge in [0.15, 0.2) is 0 Å². The summed E-state index contributed by atoms with van der Waals surface area (Å²) in [5, 5.41) is 2.52. The summed E-state index contributed by atoms with van der Waals surface area (Å²) in [6.45, 7) is 0.943. The highest BCUT2D eigenvalue weighted by Gasteiger charge is 2.29. The van der Waals surface area contributed by atoms with Gasteiger partial charge in [0, 0.05) is 18.8 Å². The Morgan fingerprint density at radius 1 is 1.26 bits per heavy atom. The second-order valence-electron chi connectivity index (χ2n) is 5.62. The van der Waals surface area contributed by atoms with Crippen molar-refractivity contribution in [3.05, 3.63) is 47.7 Å². The van der Waals surface area contributed by atoms with Crippen LogP contribution in [0, 0.1) is 5.82 Å². The predicted molar refractivity (Wildman–Crippen MR) is 97.8 cm³/mol. The van der Waals surface area contributed by atoms with E-state index in [2.05, 4.69) is 5.32 Å². The van der Waals surface area contributed by atoms with E-state index in [0.29, 0.717) is 5.76 Å². The number of amides is 1. The standard InChI is InChI=1S/C16H18FN3O5S.ClH/c17-14-2-1-12(19-16(21)11-7-13(9-18)25-10-11)8-15(14)26(22,23)20-3-5-24-6-4-20;/h1-2,7-8,10H,3-6,9,18H2,(H,19,21);1H. The minimum Gasteiger partial charge on any atom is -0.467 e. The Hall–Kier alpha value is -1.98. The van der Waals surface area contributed by atoms with Crippen molar-refractivity contribution in [3.8, 4) is 0 Å². The largest absolute Gasteiger partial charge is 0.467 e. The van der Waals surface area contributed by atoms with Crippen LogP contribution in [0.4, 0.5) is 10.1 Å². The molecule has 11 heteroatoms. The summed E-state index contributed by atoms with van der Waals surface area (Å²) >= 11 is 0. The van der Waals surface area contributed by atoms with Crippen molar-refractivity contribution in [1.29, 1.82) is 0 Å². The molecule has 3 N–H and O–H groups in total. The molecule has 1 fully saturated rings. The number of ether oxygens (including phenoxy) is 1. The SMILES string of the molecule is Cl.NCc1cc(C(=O)Nc2ccc(F)c(S(=O)(=O)N3CCOCC3)c2)co1. The minimum absolute atomic E-state index is 0. The zero-order chi connectivity index (χ0) is 18.7. The maximum atomic E-state index is 14.2. The molecule has 1 aromatic carbocycles. The fraction of sp³-hybridized carbons (Fsp3) is 0.312. The number of nitrogens with zero attached hydrogens (tertiary/aromatic N) is 1. The van der Waals surface area contributed by atoms with Crippen LogP contribution in [-0.4, -0.2) is 44.9 Å². The number of hydrogen-bond acceptors (Lipinski definition) is 6. The second kappa shape index (κ2) is 8.81. The van der Waals surface area contributed by atoms with Gasteiger partial charge in [-0.05, 0) is 24.3 Å². The molecule has 1 amide bonds. The molecule has 8 nitrogen and oxygen atoms in total. The number of benzene rings is 1. The summed E-state index contributed by atoms with van der Waals surface area (Å²) in [6, 6.07) is 4.87. The van der Waals surface area contributed by atoms with E-state index < -0.39 is 26.6 Å². The van der Waals surface area contributed by atoms with Crippen LogP contribution in [0.3, 0.4) is 0 Å². The molecule has 1 aromatic heterocycles. The zero-order valence-electron chi connectivity index (χ0n) is 14.2. The summed E-state index contributed by atoms with van der Waals surface area (Å²) in [5.41, 5.74) is 5.80. The number of carbonyl (C=O) groups excluding carboxylic acids is 1. The molecule has 0 atom stereocenters. The van der Waals surface area contributed by atoms with E-state index in [1.54, 1.807) is 0 Å². The number of hydrogen-bond donors (Lipinski definition) is 2. The van der Waals surface area contributed by atoms with Gasteiger partial charge in [-0.15, -0.1) is 12.4 Å². The van der Waals surface area contributed by atoms with Gasteiger partial charge in [-0.1, -0.05) is 0 Å². The van der Waals surface area contributed by atoms with Crippen LogP contribution in [0.5, 0.6) is 0 Å². The summed E-state index contributed by atoms with van der Waals surface area (Å²) < 4.78 is 50.8. The third-order valence-electron chi connectivity index (χ3n) is 3.89. The van der Waals surface area contributed by atoms with Crippen LogP contribution in [0.1, 0.15) is 16.1 Å². The van der Waals surface area contributed by atoms with Gasteiger partial charge in [-0.3, -0.25) is 4.79 Å². The van der Waals surface area contributed by atoms with Crippen LogP contribution in [0.2, 0.25) is 0 Å². The third-order valence-corrected chi connectivity index (χ3v) is 5.81. The highest BCUT2D eigenvalue weighted by atomic mass is 35.5. The topological polar surface area (TPSA) is 115 Å². The molecule has 1 aliphatic rings. The Morgan fingerprint density at radius 3 is 2.59 bits per heavy atom. The number of rotatable bonds is 5. The molecule has 1 aliphatic heterocycles. The fourth-order valence-electron chi connectivity index (χ4n) is 2.51.